The number of hydrogen-bond acceptors (Lipinski definition) is 0. The molecule has 0 unspecified atom stereocenters. The van der Waals surface area contributed by atoms with E-state index in [1.54, 1.807) is 0 Å². The Hall–Kier alpha value is 0.0984. The number of quaternary nitrogens is 1. The number of halogens is 6. The van der Waals surface area contributed by atoms with Crippen molar-refractivity contribution in [3.63, 3.8) is 0 Å². The van der Waals surface area contributed by atoms with E-state index in [2.05, 4.69) is 48.6 Å². The molecule has 0 saturated carbocycles. The summed E-state index contributed by atoms with van der Waals surface area (Å²) >= 11 is -11.1. The van der Waals surface area contributed by atoms with Crippen LogP contribution in [0.1, 0.15) is 41.5 Å². The van der Waals surface area contributed by atoms with Crippen LogP contribution in [0.4, 0.5) is 20.8 Å². The van der Waals surface area contributed by atoms with Crippen molar-refractivity contribution in [3.8, 4) is 0 Å². The molecule has 0 aliphatic heterocycles. The van der Waals surface area contributed by atoms with Crippen molar-refractivity contribution in [2.24, 2.45) is 17.8 Å². The van der Waals surface area contributed by atoms with Crippen molar-refractivity contribution in [1.29, 1.82) is 0 Å². The molecule has 0 N–H and O–H groups in total. The van der Waals surface area contributed by atoms with Crippen molar-refractivity contribution in [2.45, 2.75) is 41.5 Å². The summed E-state index contributed by atoms with van der Waals surface area (Å²) in [6, 6.07) is 0. The first-order valence-electron chi connectivity index (χ1n) is 7.10. The summed E-state index contributed by atoms with van der Waals surface area (Å²) in [6.45, 7) is 17.9. The summed E-state index contributed by atoms with van der Waals surface area (Å²) in [5.74, 6) is 2.41. The van der Waals surface area contributed by atoms with Gasteiger partial charge in [-0.3, -0.25) is 0 Å². The van der Waals surface area contributed by atoms with Gasteiger partial charge < -0.3 is 4.48 Å². The molecule has 21 heavy (non-hydrogen) atoms. The number of hydrogen-bond donors (Lipinski definition) is 0. The normalized spacial score (nSPS) is 16.6. The molecular weight excluding hydrogens is 359 g/mol. The first kappa shape index (κ1) is 23.4. The SMILES string of the molecule is CC(C)C[N+](C)(CC(C)C)CC(C)C.F[As-](F)(F)(F)(F)F. The maximum atomic E-state index is 9.91. The number of nitrogens with zero attached hydrogens (tertiary/aromatic N) is 1. The van der Waals surface area contributed by atoms with E-state index >= 15 is 0 Å². The van der Waals surface area contributed by atoms with Crippen LogP contribution in [0.15, 0.2) is 0 Å². The third-order valence-electron chi connectivity index (χ3n) is 2.42. The van der Waals surface area contributed by atoms with Crippen LogP contribution in [-0.2, 0) is 0 Å². The van der Waals surface area contributed by atoms with Gasteiger partial charge in [0.25, 0.3) is 0 Å². The Balaban J connectivity index is 0. The Morgan fingerprint density at radius 2 is 0.762 bits per heavy atom. The average Bonchev–Trinajstić information content (AvgIpc) is 1.88. The van der Waals surface area contributed by atoms with Gasteiger partial charge in [0.15, 0.2) is 0 Å². The van der Waals surface area contributed by atoms with Gasteiger partial charge in [0, 0.05) is 17.8 Å². The van der Waals surface area contributed by atoms with E-state index in [0.29, 0.717) is 0 Å². The van der Waals surface area contributed by atoms with Gasteiger partial charge >= 0.3 is 35.0 Å². The van der Waals surface area contributed by atoms with Crippen molar-refractivity contribution in [3.05, 3.63) is 0 Å². The molecule has 0 aromatic carbocycles. The Morgan fingerprint density at radius 1 is 0.619 bits per heavy atom. The quantitative estimate of drug-likeness (QED) is 0.318. The van der Waals surface area contributed by atoms with Crippen LogP contribution in [-0.4, -0.2) is 45.3 Å². The molecule has 0 heterocycles. The number of rotatable bonds is 6. The zero-order chi connectivity index (χ0) is 17.8. The molecule has 0 aliphatic carbocycles. The second-order valence-corrected chi connectivity index (χ2v) is 11.3. The minimum absolute atomic E-state index is 0.803. The van der Waals surface area contributed by atoms with Gasteiger partial charge in [-0.25, -0.2) is 0 Å². The van der Waals surface area contributed by atoms with E-state index in [1.807, 2.05) is 0 Å². The van der Waals surface area contributed by atoms with Gasteiger partial charge in [-0.15, -0.1) is 0 Å². The monoisotopic (exact) mass is 389 g/mol. The van der Waals surface area contributed by atoms with Crippen LogP contribution < -0.4 is 0 Å². The van der Waals surface area contributed by atoms with E-state index < -0.39 is 14.2 Å². The summed E-state index contributed by atoms with van der Waals surface area (Å²) in [7, 11) is 2.42. The summed E-state index contributed by atoms with van der Waals surface area (Å²) in [5.41, 5.74) is 0. The molecule has 0 saturated heterocycles. The summed E-state index contributed by atoms with van der Waals surface area (Å²) in [4.78, 5) is 0. The van der Waals surface area contributed by atoms with E-state index in [-0.39, 0.29) is 0 Å². The van der Waals surface area contributed by atoms with Gasteiger partial charge in [0.1, 0.15) is 0 Å². The second kappa shape index (κ2) is 6.69. The molecule has 0 aromatic heterocycles. The van der Waals surface area contributed by atoms with Gasteiger partial charge in [0.2, 0.25) is 0 Å². The molecule has 8 heteroatoms. The third-order valence-corrected chi connectivity index (χ3v) is 2.42. The van der Waals surface area contributed by atoms with E-state index in [4.69, 9.17) is 0 Å². The molecule has 0 bridgehead atoms. The fourth-order valence-corrected chi connectivity index (χ4v) is 2.87. The maximum absolute atomic E-state index is 11.1. The van der Waals surface area contributed by atoms with E-state index in [1.165, 1.54) is 24.1 Å². The molecule has 0 spiro atoms. The first-order chi connectivity index (χ1) is 8.70. The van der Waals surface area contributed by atoms with Crippen molar-refractivity contribution in [2.75, 3.05) is 26.7 Å². The fourth-order valence-electron chi connectivity index (χ4n) is 2.87. The van der Waals surface area contributed by atoms with Crippen LogP contribution in [0, 0.1) is 17.8 Å². The van der Waals surface area contributed by atoms with Crippen LogP contribution in [0.25, 0.3) is 0 Å². The molecule has 0 aromatic rings. The summed E-state index contributed by atoms with van der Waals surface area (Å²) in [6.07, 6.45) is 0. The minimum atomic E-state index is -11.1. The molecule has 0 amide bonds. The van der Waals surface area contributed by atoms with Crippen LogP contribution in [0.5, 0.6) is 0 Å². The molecular formula is C13H30AsF6N. The Morgan fingerprint density at radius 3 is 0.857 bits per heavy atom. The van der Waals surface area contributed by atoms with Gasteiger partial charge in [-0.1, -0.05) is 41.5 Å². The van der Waals surface area contributed by atoms with Crippen molar-refractivity contribution >= 4 is 14.2 Å². The topological polar surface area (TPSA) is 0 Å². The van der Waals surface area contributed by atoms with E-state index in [9.17, 15) is 20.8 Å². The van der Waals surface area contributed by atoms with Crippen LogP contribution in [0.2, 0.25) is 0 Å². The Kier molecular flexibility index (Phi) is 7.45. The fraction of sp³-hybridized carbons (Fsp3) is 1.00. The van der Waals surface area contributed by atoms with Crippen LogP contribution >= 0.6 is 0 Å². The molecule has 0 atom stereocenters. The first-order valence-corrected chi connectivity index (χ1v) is 11.4. The van der Waals surface area contributed by atoms with Gasteiger partial charge in [-0.05, 0) is 0 Å². The van der Waals surface area contributed by atoms with Crippen LogP contribution in [0.3, 0.4) is 0 Å². The van der Waals surface area contributed by atoms with Gasteiger partial charge in [-0.2, -0.15) is 0 Å². The standard InChI is InChI=1S/C13H30N.AsF6/c1-11(2)8-14(7,9-12(3)4)10-13(5)6;2-1(3,4,5,6)7/h11-13H,8-10H2,1-7H3;/q+1;-1. The zero-order valence-corrected chi connectivity index (χ0v) is 15.9. The predicted octanol–water partition coefficient (Wildman–Crippen LogP) is 5.54. The molecule has 0 aliphatic rings. The molecule has 1 nitrogen and oxygen atoms in total. The predicted molar refractivity (Wildman–Crippen MR) is 77.7 cm³/mol. The Labute approximate surface area is 126 Å². The second-order valence-electron chi connectivity index (χ2n) is 7.31. The molecule has 0 rings (SSSR count). The third kappa shape index (κ3) is 28.9. The summed E-state index contributed by atoms with van der Waals surface area (Å²) < 4.78 is 60.7. The Bertz CT molecular complexity index is 268. The molecule has 0 fully saturated rings. The summed E-state index contributed by atoms with van der Waals surface area (Å²) in [5, 5.41) is 0. The van der Waals surface area contributed by atoms with E-state index in [0.717, 1.165) is 17.8 Å². The zero-order valence-electron chi connectivity index (χ0n) is 14.0. The van der Waals surface area contributed by atoms with Crippen molar-refractivity contribution < 1.29 is 25.3 Å². The molecule has 134 valence electrons. The molecule has 0 radical (unpaired) electrons. The average molecular weight is 389 g/mol. The van der Waals surface area contributed by atoms with Crippen molar-refractivity contribution in [1.82, 2.24) is 0 Å². The van der Waals surface area contributed by atoms with Gasteiger partial charge in [0.05, 0.1) is 26.7 Å².